The van der Waals surface area contributed by atoms with E-state index in [0.29, 0.717) is 5.41 Å². The minimum Gasteiger partial charge on any atom is -0.352 e. The SMILES string of the molecule is CN=C(NCc1ccc(CN(C)C)cc1)N1CCC2(CCCC2)C1.I. The molecule has 3 rings (SSSR count). The Bertz CT molecular complexity index is 562. The van der Waals surface area contributed by atoms with Crippen LogP contribution in [0.15, 0.2) is 29.3 Å². The Morgan fingerprint density at radius 3 is 2.36 bits per heavy atom. The summed E-state index contributed by atoms with van der Waals surface area (Å²) in [6.45, 7) is 4.18. The maximum atomic E-state index is 4.52. The minimum atomic E-state index is 0. The first-order chi connectivity index (χ1) is 11.6. The van der Waals surface area contributed by atoms with E-state index in [1.807, 2.05) is 7.05 Å². The first-order valence-corrected chi connectivity index (χ1v) is 9.28. The van der Waals surface area contributed by atoms with Gasteiger partial charge in [-0.3, -0.25) is 4.99 Å². The predicted octanol–water partition coefficient (Wildman–Crippen LogP) is 3.71. The molecule has 1 aromatic rings. The van der Waals surface area contributed by atoms with Crippen LogP contribution in [0.1, 0.15) is 43.2 Å². The van der Waals surface area contributed by atoms with Gasteiger partial charge in [-0.1, -0.05) is 37.1 Å². The van der Waals surface area contributed by atoms with Crippen molar-refractivity contribution in [3.05, 3.63) is 35.4 Å². The van der Waals surface area contributed by atoms with E-state index < -0.39 is 0 Å². The molecule has 2 fully saturated rings. The Labute approximate surface area is 170 Å². The lowest BCUT2D eigenvalue weighted by Crippen LogP contribution is -2.40. The van der Waals surface area contributed by atoms with E-state index in [-0.39, 0.29) is 24.0 Å². The molecule has 1 saturated carbocycles. The van der Waals surface area contributed by atoms with Crippen molar-refractivity contribution in [3.63, 3.8) is 0 Å². The summed E-state index contributed by atoms with van der Waals surface area (Å²) >= 11 is 0. The Kier molecular flexibility index (Phi) is 7.55. The molecule has 1 aliphatic heterocycles. The van der Waals surface area contributed by atoms with Crippen molar-refractivity contribution < 1.29 is 0 Å². The molecule has 0 atom stereocenters. The summed E-state index contributed by atoms with van der Waals surface area (Å²) in [6, 6.07) is 8.90. The summed E-state index contributed by atoms with van der Waals surface area (Å²) in [7, 11) is 6.11. The van der Waals surface area contributed by atoms with E-state index in [1.54, 1.807) is 0 Å². The normalized spacial score (nSPS) is 19.5. The average Bonchev–Trinajstić information content (AvgIpc) is 3.20. The largest absolute Gasteiger partial charge is 0.352 e. The third-order valence-corrected chi connectivity index (χ3v) is 5.59. The Morgan fingerprint density at radius 1 is 1.12 bits per heavy atom. The van der Waals surface area contributed by atoms with E-state index in [0.717, 1.165) is 25.6 Å². The number of likely N-dealkylation sites (tertiary alicyclic amines) is 1. The lowest BCUT2D eigenvalue weighted by molar-refractivity contribution is 0.309. The first-order valence-electron chi connectivity index (χ1n) is 9.28. The van der Waals surface area contributed by atoms with Crippen LogP contribution in [0.4, 0.5) is 0 Å². The average molecular weight is 456 g/mol. The van der Waals surface area contributed by atoms with Crippen molar-refractivity contribution in [2.75, 3.05) is 34.2 Å². The second-order valence-electron chi connectivity index (χ2n) is 7.83. The quantitative estimate of drug-likeness (QED) is 0.426. The van der Waals surface area contributed by atoms with Gasteiger partial charge in [0.05, 0.1) is 0 Å². The number of nitrogens with zero attached hydrogens (tertiary/aromatic N) is 3. The first kappa shape index (κ1) is 20.5. The van der Waals surface area contributed by atoms with Gasteiger partial charge in [0.25, 0.3) is 0 Å². The number of hydrogen-bond acceptors (Lipinski definition) is 2. The van der Waals surface area contributed by atoms with Crippen LogP contribution < -0.4 is 5.32 Å². The molecule has 1 spiro atoms. The fraction of sp³-hybridized carbons (Fsp3) is 0.650. The van der Waals surface area contributed by atoms with Gasteiger partial charge in [-0.15, -0.1) is 24.0 Å². The van der Waals surface area contributed by atoms with E-state index >= 15 is 0 Å². The number of halogens is 1. The van der Waals surface area contributed by atoms with Crippen molar-refractivity contribution in [2.45, 2.75) is 45.2 Å². The van der Waals surface area contributed by atoms with Gasteiger partial charge in [-0.25, -0.2) is 0 Å². The third-order valence-electron chi connectivity index (χ3n) is 5.59. The molecule has 1 N–H and O–H groups in total. The van der Waals surface area contributed by atoms with Gasteiger partial charge in [0, 0.05) is 33.2 Å². The van der Waals surface area contributed by atoms with Crippen LogP contribution in [-0.2, 0) is 13.1 Å². The summed E-state index contributed by atoms with van der Waals surface area (Å²) in [4.78, 5) is 9.18. The zero-order valence-electron chi connectivity index (χ0n) is 15.9. The van der Waals surface area contributed by atoms with E-state index in [4.69, 9.17) is 0 Å². The summed E-state index contributed by atoms with van der Waals surface area (Å²) in [6.07, 6.45) is 6.99. The molecule has 1 aromatic carbocycles. The van der Waals surface area contributed by atoms with E-state index in [9.17, 15) is 0 Å². The highest BCUT2D eigenvalue weighted by atomic mass is 127. The molecule has 0 radical (unpaired) electrons. The summed E-state index contributed by atoms with van der Waals surface area (Å²) in [5, 5.41) is 3.56. The third kappa shape index (κ3) is 5.33. The zero-order chi connectivity index (χ0) is 17.0. The topological polar surface area (TPSA) is 30.9 Å². The van der Waals surface area contributed by atoms with Crippen molar-refractivity contribution in [3.8, 4) is 0 Å². The predicted molar refractivity (Wildman–Crippen MR) is 117 cm³/mol. The van der Waals surface area contributed by atoms with Crippen molar-refractivity contribution in [1.82, 2.24) is 15.1 Å². The summed E-state index contributed by atoms with van der Waals surface area (Å²) in [5.41, 5.74) is 3.26. The van der Waals surface area contributed by atoms with Crippen LogP contribution in [0.2, 0.25) is 0 Å². The summed E-state index contributed by atoms with van der Waals surface area (Å²) < 4.78 is 0. The van der Waals surface area contributed by atoms with Gasteiger partial charge in [-0.05, 0) is 49.9 Å². The van der Waals surface area contributed by atoms with Crippen LogP contribution in [-0.4, -0.2) is 50.0 Å². The van der Waals surface area contributed by atoms with Crippen LogP contribution in [0.3, 0.4) is 0 Å². The number of benzene rings is 1. The smallest absolute Gasteiger partial charge is 0.193 e. The van der Waals surface area contributed by atoms with Crippen LogP contribution in [0.5, 0.6) is 0 Å². The Balaban J connectivity index is 0.00000225. The van der Waals surface area contributed by atoms with Crippen LogP contribution in [0.25, 0.3) is 0 Å². The lowest BCUT2D eigenvalue weighted by Gasteiger charge is -2.26. The maximum absolute atomic E-state index is 4.52. The molecule has 1 heterocycles. The van der Waals surface area contributed by atoms with Gasteiger partial charge in [0.15, 0.2) is 5.96 Å². The molecule has 4 nitrogen and oxygen atoms in total. The fourth-order valence-corrected chi connectivity index (χ4v) is 4.29. The second kappa shape index (κ2) is 9.21. The number of aliphatic imine (C=N–C) groups is 1. The highest BCUT2D eigenvalue weighted by Crippen LogP contribution is 2.45. The Morgan fingerprint density at radius 2 is 1.76 bits per heavy atom. The van der Waals surface area contributed by atoms with E-state index in [1.165, 1.54) is 49.8 Å². The highest BCUT2D eigenvalue weighted by Gasteiger charge is 2.40. The van der Waals surface area contributed by atoms with Crippen LogP contribution >= 0.6 is 24.0 Å². The van der Waals surface area contributed by atoms with Gasteiger partial charge in [-0.2, -0.15) is 0 Å². The molecule has 5 heteroatoms. The highest BCUT2D eigenvalue weighted by molar-refractivity contribution is 14.0. The number of hydrogen-bond donors (Lipinski definition) is 1. The lowest BCUT2D eigenvalue weighted by atomic mass is 9.86. The van der Waals surface area contributed by atoms with Gasteiger partial charge >= 0.3 is 0 Å². The molecule has 140 valence electrons. The standard InChI is InChI=1S/C20H32N4.HI/c1-21-19(24-13-12-20(16-24)10-4-5-11-20)22-14-17-6-8-18(9-7-17)15-23(2)3;/h6-9H,4-5,10-16H2,1-3H3,(H,21,22);1H. The van der Waals surface area contributed by atoms with Crippen molar-refractivity contribution in [1.29, 1.82) is 0 Å². The van der Waals surface area contributed by atoms with Crippen LogP contribution in [0, 0.1) is 5.41 Å². The van der Waals surface area contributed by atoms with Gasteiger partial charge < -0.3 is 15.1 Å². The second-order valence-corrected chi connectivity index (χ2v) is 7.83. The molecular weight excluding hydrogens is 423 g/mol. The molecule has 2 aliphatic rings. The minimum absolute atomic E-state index is 0. The molecule has 0 aromatic heterocycles. The molecule has 0 amide bonds. The van der Waals surface area contributed by atoms with Crippen molar-refractivity contribution >= 4 is 29.9 Å². The van der Waals surface area contributed by atoms with Gasteiger partial charge in [0.1, 0.15) is 0 Å². The Hall–Kier alpha value is -0.820. The maximum Gasteiger partial charge on any atom is 0.193 e. The molecule has 0 bridgehead atoms. The number of nitrogens with one attached hydrogen (secondary N) is 1. The molecular formula is C20H33IN4. The molecule has 0 unspecified atom stereocenters. The molecule has 1 aliphatic carbocycles. The molecule has 1 saturated heterocycles. The number of rotatable bonds is 4. The monoisotopic (exact) mass is 456 g/mol. The van der Waals surface area contributed by atoms with Crippen molar-refractivity contribution in [2.24, 2.45) is 10.4 Å². The zero-order valence-corrected chi connectivity index (χ0v) is 18.3. The summed E-state index contributed by atoms with van der Waals surface area (Å²) in [5.74, 6) is 1.07. The fourth-order valence-electron chi connectivity index (χ4n) is 4.29. The number of guanidine groups is 1. The molecule has 25 heavy (non-hydrogen) atoms. The van der Waals surface area contributed by atoms with E-state index in [2.05, 4.69) is 58.5 Å². The van der Waals surface area contributed by atoms with Gasteiger partial charge in [0.2, 0.25) is 0 Å².